The highest BCUT2D eigenvalue weighted by Gasteiger charge is 2.48. The van der Waals surface area contributed by atoms with Gasteiger partial charge in [0.05, 0.1) is 12.1 Å². The number of hydrogen-bond acceptors (Lipinski definition) is 5. The summed E-state index contributed by atoms with van der Waals surface area (Å²) in [7, 11) is 1.83. The predicted molar refractivity (Wildman–Crippen MR) is 127 cm³/mol. The molecular weight excluding hydrogens is 446 g/mol. The summed E-state index contributed by atoms with van der Waals surface area (Å²) in [5, 5.41) is 10.2. The zero-order chi connectivity index (χ0) is 24.6. The third-order valence-electron chi connectivity index (χ3n) is 5.86. The number of nitrogens with zero attached hydrogens (tertiary/aromatic N) is 3. The molecular formula is C26H21N5O4. The zero-order valence-corrected chi connectivity index (χ0v) is 19.1. The minimum Gasteiger partial charge on any atom is -0.481 e. The van der Waals surface area contributed by atoms with E-state index in [4.69, 9.17) is 4.74 Å². The molecule has 2 aliphatic rings. The van der Waals surface area contributed by atoms with Gasteiger partial charge in [-0.1, -0.05) is 23.8 Å². The van der Waals surface area contributed by atoms with E-state index in [1.54, 1.807) is 23.7 Å². The second kappa shape index (κ2) is 8.54. The van der Waals surface area contributed by atoms with Crippen molar-refractivity contribution in [3.05, 3.63) is 59.3 Å². The summed E-state index contributed by atoms with van der Waals surface area (Å²) in [6.45, 7) is 2.13. The molecule has 0 bridgehead atoms. The maximum Gasteiger partial charge on any atom is 0.323 e. The molecule has 1 atom stereocenters. The van der Waals surface area contributed by atoms with Gasteiger partial charge in [-0.25, -0.2) is 4.79 Å². The molecule has 174 valence electrons. The SMILES string of the molecule is CC#CCOc1ccc2c(c1)C(=O)N(CC1(C#Cc3ccc4cn(C)nc4c3)NC(=O)NC1=O)C2. The Hall–Kier alpha value is -4.76. The van der Waals surface area contributed by atoms with Crippen molar-refractivity contribution in [2.75, 3.05) is 13.2 Å². The van der Waals surface area contributed by atoms with Crippen LogP contribution in [0.4, 0.5) is 4.79 Å². The Kier molecular flexibility index (Phi) is 5.38. The molecule has 35 heavy (non-hydrogen) atoms. The lowest BCUT2D eigenvalue weighted by Crippen LogP contribution is -2.54. The maximum absolute atomic E-state index is 13.2. The number of aryl methyl sites for hydroxylation is 1. The Morgan fingerprint density at radius 3 is 2.80 bits per heavy atom. The molecule has 9 heteroatoms. The van der Waals surface area contributed by atoms with E-state index in [1.807, 2.05) is 37.5 Å². The molecule has 0 aliphatic carbocycles. The van der Waals surface area contributed by atoms with Gasteiger partial charge in [0, 0.05) is 36.3 Å². The molecule has 3 heterocycles. The maximum atomic E-state index is 13.2. The van der Waals surface area contributed by atoms with Crippen LogP contribution in [0.3, 0.4) is 0 Å². The number of fused-ring (bicyclic) bond motifs is 2. The van der Waals surface area contributed by atoms with E-state index < -0.39 is 17.5 Å². The first-order valence-corrected chi connectivity index (χ1v) is 10.9. The summed E-state index contributed by atoms with van der Waals surface area (Å²) in [6.07, 6.45) is 1.89. The number of hydrogen-bond donors (Lipinski definition) is 2. The van der Waals surface area contributed by atoms with Crippen LogP contribution in [-0.2, 0) is 18.4 Å². The summed E-state index contributed by atoms with van der Waals surface area (Å²) < 4.78 is 7.27. The number of carbonyl (C=O) groups is 3. The Morgan fingerprint density at radius 1 is 1.17 bits per heavy atom. The van der Waals surface area contributed by atoms with Crippen LogP contribution in [0.15, 0.2) is 42.6 Å². The zero-order valence-electron chi connectivity index (χ0n) is 19.1. The predicted octanol–water partition coefficient (Wildman–Crippen LogP) is 1.56. The molecule has 5 rings (SSSR count). The fraction of sp³-hybridized carbons (Fsp3) is 0.231. The van der Waals surface area contributed by atoms with Crippen molar-refractivity contribution in [1.82, 2.24) is 25.3 Å². The van der Waals surface area contributed by atoms with Gasteiger partial charge in [0.2, 0.25) is 5.54 Å². The van der Waals surface area contributed by atoms with Crippen LogP contribution in [0.25, 0.3) is 10.9 Å². The Bertz CT molecular complexity index is 1520. The third kappa shape index (κ3) is 4.16. The van der Waals surface area contributed by atoms with Gasteiger partial charge < -0.3 is 15.0 Å². The normalized spacial score (nSPS) is 18.3. The number of ether oxygens (including phenoxy) is 1. The van der Waals surface area contributed by atoms with Gasteiger partial charge in [-0.05, 0) is 42.8 Å². The molecule has 2 aliphatic heterocycles. The van der Waals surface area contributed by atoms with Crippen molar-refractivity contribution in [1.29, 1.82) is 0 Å². The van der Waals surface area contributed by atoms with Crippen LogP contribution >= 0.6 is 0 Å². The van der Waals surface area contributed by atoms with E-state index >= 15 is 0 Å². The molecule has 0 saturated carbocycles. The average molecular weight is 467 g/mol. The van der Waals surface area contributed by atoms with E-state index in [0.29, 0.717) is 16.9 Å². The number of amides is 4. The molecule has 2 aromatic carbocycles. The average Bonchev–Trinajstić information content (AvgIpc) is 3.44. The van der Waals surface area contributed by atoms with Crippen LogP contribution in [0.5, 0.6) is 5.75 Å². The van der Waals surface area contributed by atoms with E-state index in [0.717, 1.165) is 16.5 Å². The van der Waals surface area contributed by atoms with E-state index in [-0.39, 0.29) is 25.6 Å². The number of aromatic nitrogens is 2. The standard InChI is InChI=1S/C26H21N5O4/c1-3-4-11-35-20-8-7-18-15-31(23(32)21(18)13-20)16-26(24(33)27-25(34)28-26)10-9-17-5-6-19-14-30(2)29-22(19)12-17/h5-8,12-14H,11,15-16H2,1-2H3,(H2,27,28,33,34). The highest BCUT2D eigenvalue weighted by Crippen LogP contribution is 2.28. The second-order valence-electron chi connectivity index (χ2n) is 8.34. The number of carbonyl (C=O) groups excluding carboxylic acids is 3. The summed E-state index contributed by atoms with van der Waals surface area (Å²) in [4.78, 5) is 39.5. The van der Waals surface area contributed by atoms with Crippen molar-refractivity contribution in [3.8, 4) is 29.4 Å². The topological polar surface area (TPSA) is 106 Å². The van der Waals surface area contributed by atoms with Gasteiger partial charge in [-0.2, -0.15) is 5.10 Å². The van der Waals surface area contributed by atoms with Gasteiger partial charge in [0.15, 0.2) is 0 Å². The van der Waals surface area contributed by atoms with Gasteiger partial charge in [0.25, 0.3) is 11.8 Å². The number of imide groups is 1. The first kappa shape index (κ1) is 22.1. The molecule has 1 aromatic heterocycles. The highest BCUT2D eigenvalue weighted by molar-refractivity contribution is 6.10. The molecule has 4 amide bonds. The van der Waals surface area contributed by atoms with Crippen LogP contribution in [0.1, 0.15) is 28.4 Å². The number of nitrogens with one attached hydrogen (secondary N) is 2. The molecule has 9 nitrogen and oxygen atoms in total. The molecule has 3 aromatic rings. The lowest BCUT2D eigenvalue weighted by atomic mass is 9.99. The number of benzene rings is 2. The first-order valence-electron chi connectivity index (χ1n) is 10.9. The molecule has 1 fully saturated rings. The fourth-order valence-electron chi connectivity index (χ4n) is 4.16. The van der Waals surface area contributed by atoms with Gasteiger partial charge in [0.1, 0.15) is 12.4 Å². The van der Waals surface area contributed by atoms with Gasteiger partial charge >= 0.3 is 6.03 Å². The quantitative estimate of drug-likeness (QED) is 0.448. The third-order valence-corrected chi connectivity index (χ3v) is 5.86. The van der Waals surface area contributed by atoms with Crippen molar-refractivity contribution < 1.29 is 19.1 Å². The lowest BCUT2D eigenvalue weighted by molar-refractivity contribution is -0.122. The number of urea groups is 1. The molecule has 2 N–H and O–H groups in total. The summed E-state index contributed by atoms with van der Waals surface area (Å²) in [5.74, 6) is 11.1. The Morgan fingerprint density at radius 2 is 2.03 bits per heavy atom. The van der Waals surface area contributed by atoms with E-state index in [9.17, 15) is 14.4 Å². The largest absolute Gasteiger partial charge is 0.481 e. The van der Waals surface area contributed by atoms with Crippen molar-refractivity contribution in [3.63, 3.8) is 0 Å². The summed E-state index contributed by atoms with van der Waals surface area (Å²) >= 11 is 0. The molecule has 1 saturated heterocycles. The van der Waals surface area contributed by atoms with Crippen molar-refractivity contribution in [2.45, 2.75) is 19.0 Å². The van der Waals surface area contributed by atoms with E-state index in [1.165, 1.54) is 4.90 Å². The van der Waals surface area contributed by atoms with Crippen LogP contribution in [0, 0.1) is 23.7 Å². The lowest BCUT2D eigenvalue weighted by Gasteiger charge is -2.26. The summed E-state index contributed by atoms with van der Waals surface area (Å²) in [6, 6.07) is 10.1. The minimum absolute atomic E-state index is 0.103. The van der Waals surface area contributed by atoms with Gasteiger partial charge in [-0.15, -0.1) is 5.92 Å². The first-order chi connectivity index (χ1) is 16.9. The molecule has 0 spiro atoms. The van der Waals surface area contributed by atoms with Crippen molar-refractivity contribution in [2.24, 2.45) is 7.05 Å². The highest BCUT2D eigenvalue weighted by atomic mass is 16.5. The Balaban J connectivity index is 1.41. The van der Waals surface area contributed by atoms with Crippen LogP contribution < -0.4 is 15.4 Å². The van der Waals surface area contributed by atoms with Gasteiger partial charge in [-0.3, -0.25) is 19.6 Å². The smallest absolute Gasteiger partial charge is 0.323 e. The Labute approximate surface area is 201 Å². The van der Waals surface area contributed by atoms with Crippen LogP contribution in [0.2, 0.25) is 0 Å². The van der Waals surface area contributed by atoms with Crippen LogP contribution in [-0.4, -0.2) is 51.2 Å². The summed E-state index contributed by atoms with van der Waals surface area (Å²) in [5.41, 5.74) is 1.11. The molecule has 1 unspecified atom stereocenters. The fourth-order valence-corrected chi connectivity index (χ4v) is 4.16. The second-order valence-corrected chi connectivity index (χ2v) is 8.34. The van der Waals surface area contributed by atoms with Crippen molar-refractivity contribution >= 4 is 28.7 Å². The monoisotopic (exact) mass is 467 g/mol. The number of rotatable bonds is 4. The molecule has 0 radical (unpaired) electrons. The minimum atomic E-state index is -1.58. The van der Waals surface area contributed by atoms with E-state index in [2.05, 4.69) is 39.4 Å².